The minimum absolute atomic E-state index is 0.0117. The highest BCUT2D eigenvalue weighted by molar-refractivity contribution is 5.80. The summed E-state index contributed by atoms with van der Waals surface area (Å²) in [6, 6.07) is 10.9. The van der Waals surface area contributed by atoms with Gasteiger partial charge in [0.25, 0.3) is 0 Å². The molecule has 0 saturated carbocycles. The van der Waals surface area contributed by atoms with E-state index in [1.165, 1.54) is 5.56 Å². The van der Waals surface area contributed by atoms with Crippen molar-refractivity contribution < 1.29 is 4.74 Å². The normalized spacial score (nSPS) is 18.2. The molecule has 5 heteroatoms. The number of hydrogen-bond acceptors (Lipinski definition) is 3. The van der Waals surface area contributed by atoms with Gasteiger partial charge in [0.05, 0.1) is 25.8 Å². The largest absolute Gasteiger partial charge is 0.379 e. The number of guanidine groups is 1. The molecule has 0 amide bonds. The SMILES string of the molecule is CCNC(=NCC(c1ccccc1)N1CCOCC1)NC(C)(C)C. The standard InChI is InChI=1S/C19H32N4O/c1-5-20-18(22-19(2,3)4)21-15-17(16-9-7-6-8-10-16)23-11-13-24-14-12-23/h6-10,17H,5,11-15H2,1-4H3,(H2,20,21,22). The third-order valence-corrected chi connectivity index (χ3v) is 3.93. The molecule has 24 heavy (non-hydrogen) atoms. The lowest BCUT2D eigenvalue weighted by molar-refractivity contribution is 0.0179. The number of nitrogens with one attached hydrogen (secondary N) is 2. The highest BCUT2D eigenvalue weighted by Gasteiger charge is 2.22. The molecule has 5 nitrogen and oxygen atoms in total. The van der Waals surface area contributed by atoms with Gasteiger partial charge in [-0.25, -0.2) is 0 Å². The molecular weight excluding hydrogens is 300 g/mol. The lowest BCUT2D eigenvalue weighted by Gasteiger charge is -2.34. The summed E-state index contributed by atoms with van der Waals surface area (Å²) in [6.45, 7) is 13.6. The zero-order valence-electron chi connectivity index (χ0n) is 15.5. The van der Waals surface area contributed by atoms with E-state index in [9.17, 15) is 0 Å². The molecule has 1 aromatic carbocycles. The predicted octanol–water partition coefficient (Wildman–Crippen LogP) is 2.41. The Balaban J connectivity index is 2.15. The van der Waals surface area contributed by atoms with E-state index in [-0.39, 0.29) is 11.6 Å². The predicted molar refractivity (Wildman–Crippen MR) is 100 cm³/mol. The Morgan fingerprint density at radius 1 is 1.21 bits per heavy atom. The van der Waals surface area contributed by atoms with Gasteiger partial charge in [-0.1, -0.05) is 30.3 Å². The van der Waals surface area contributed by atoms with E-state index in [0.29, 0.717) is 0 Å². The first-order valence-corrected chi connectivity index (χ1v) is 8.93. The van der Waals surface area contributed by atoms with Crippen LogP contribution in [0, 0.1) is 0 Å². The highest BCUT2D eigenvalue weighted by Crippen LogP contribution is 2.22. The third-order valence-electron chi connectivity index (χ3n) is 3.93. The van der Waals surface area contributed by atoms with Crippen LogP contribution in [-0.4, -0.2) is 55.8 Å². The summed E-state index contributed by atoms with van der Waals surface area (Å²) in [5.74, 6) is 0.874. The van der Waals surface area contributed by atoms with Crippen LogP contribution < -0.4 is 10.6 Å². The van der Waals surface area contributed by atoms with Gasteiger partial charge in [0.2, 0.25) is 0 Å². The molecule has 0 bridgehead atoms. The van der Waals surface area contributed by atoms with Crippen LogP contribution in [0.4, 0.5) is 0 Å². The molecule has 1 unspecified atom stereocenters. The second-order valence-corrected chi connectivity index (χ2v) is 7.17. The number of morpholine rings is 1. The van der Waals surface area contributed by atoms with Gasteiger partial charge in [-0.3, -0.25) is 9.89 Å². The fourth-order valence-corrected chi connectivity index (χ4v) is 2.84. The number of hydrogen-bond donors (Lipinski definition) is 2. The molecular formula is C19H32N4O. The van der Waals surface area contributed by atoms with Crippen molar-refractivity contribution in [1.29, 1.82) is 0 Å². The summed E-state index contributed by atoms with van der Waals surface area (Å²) in [6.07, 6.45) is 0. The molecule has 1 aliphatic rings. The first-order valence-electron chi connectivity index (χ1n) is 8.93. The minimum atomic E-state index is -0.0117. The average Bonchev–Trinajstić information content (AvgIpc) is 2.56. The van der Waals surface area contributed by atoms with Gasteiger partial charge in [-0.2, -0.15) is 0 Å². The summed E-state index contributed by atoms with van der Waals surface area (Å²) < 4.78 is 5.51. The molecule has 1 heterocycles. The van der Waals surface area contributed by atoms with Crippen LogP contribution in [0.15, 0.2) is 35.3 Å². The zero-order valence-corrected chi connectivity index (χ0v) is 15.5. The Morgan fingerprint density at radius 3 is 2.46 bits per heavy atom. The first kappa shape index (κ1) is 18.7. The number of benzene rings is 1. The van der Waals surface area contributed by atoms with Crippen molar-refractivity contribution in [1.82, 2.24) is 15.5 Å². The third kappa shape index (κ3) is 6.13. The Hall–Kier alpha value is -1.59. The molecule has 2 N–H and O–H groups in total. The minimum Gasteiger partial charge on any atom is -0.379 e. The molecule has 134 valence electrons. The number of aliphatic imine (C=N–C) groups is 1. The van der Waals surface area contributed by atoms with Gasteiger partial charge in [0.1, 0.15) is 0 Å². The summed E-state index contributed by atoms with van der Waals surface area (Å²) in [4.78, 5) is 7.34. The molecule has 1 fully saturated rings. The van der Waals surface area contributed by atoms with Crippen molar-refractivity contribution >= 4 is 5.96 Å². The Bertz CT molecular complexity index is 504. The molecule has 1 aromatic rings. The smallest absolute Gasteiger partial charge is 0.191 e. The van der Waals surface area contributed by atoms with Crippen molar-refractivity contribution in [3.63, 3.8) is 0 Å². The molecule has 0 aliphatic carbocycles. The molecule has 1 atom stereocenters. The van der Waals surface area contributed by atoms with E-state index in [2.05, 4.69) is 73.6 Å². The van der Waals surface area contributed by atoms with Crippen molar-refractivity contribution in [2.75, 3.05) is 39.4 Å². The average molecular weight is 332 g/mol. The summed E-state index contributed by atoms with van der Waals surface area (Å²) in [7, 11) is 0. The van der Waals surface area contributed by atoms with E-state index >= 15 is 0 Å². The van der Waals surface area contributed by atoms with E-state index in [4.69, 9.17) is 9.73 Å². The molecule has 0 radical (unpaired) electrons. The van der Waals surface area contributed by atoms with Crippen LogP contribution >= 0.6 is 0 Å². The first-order chi connectivity index (χ1) is 11.5. The molecule has 0 aromatic heterocycles. The topological polar surface area (TPSA) is 48.9 Å². The lowest BCUT2D eigenvalue weighted by Crippen LogP contribution is -2.48. The molecule has 0 spiro atoms. The van der Waals surface area contributed by atoms with Gasteiger partial charge in [-0.05, 0) is 33.3 Å². The van der Waals surface area contributed by atoms with Gasteiger partial charge in [0, 0.05) is 25.2 Å². The number of ether oxygens (including phenoxy) is 1. The van der Waals surface area contributed by atoms with Crippen molar-refractivity contribution in [2.45, 2.75) is 39.3 Å². The fraction of sp³-hybridized carbons (Fsp3) is 0.632. The van der Waals surface area contributed by atoms with Crippen molar-refractivity contribution in [2.24, 2.45) is 4.99 Å². The van der Waals surface area contributed by atoms with Crippen LogP contribution in [0.2, 0.25) is 0 Å². The van der Waals surface area contributed by atoms with Crippen LogP contribution in [0.3, 0.4) is 0 Å². The summed E-state index contributed by atoms with van der Waals surface area (Å²) in [5.41, 5.74) is 1.30. The fourth-order valence-electron chi connectivity index (χ4n) is 2.84. The van der Waals surface area contributed by atoms with Gasteiger partial charge in [0.15, 0.2) is 5.96 Å². The van der Waals surface area contributed by atoms with Crippen molar-refractivity contribution in [3.05, 3.63) is 35.9 Å². The van der Waals surface area contributed by atoms with Crippen molar-refractivity contribution in [3.8, 4) is 0 Å². The molecule has 1 aliphatic heterocycles. The Kier molecular flexibility index (Phi) is 7.06. The highest BCUT2D eigenvalue weighted by atomic mass is 16.5. The van der Waals surface area contributed by atoms with Crippen LogP contribution in [0.25, 0.3) is 0 Å². The van der Waals surface area contributed by atoms with Gasteiger partial charge in [-0.15, -0.1) is 0 Å². The Labute approximate surface area is 146 Å². The van der Waals surface area contributed by atoms with E-state index in [1.54, 1.807) is 0 Å². The Morgan fingerprint density at radius 2 is 1.88 bits per heavy atom. The molecule has 1 saturated heterocycles. The monoisotopic (exact) mass is 332 g/mol. The second kappa shape index (κ2) is 9.04. The van der Waals surface area contributed by atoms with E-state index < -0.39 is 0 Å². The van der Waals surface area contributed by atoms with Gasteiger partial charge >= 0.3 is 0 Å². The van der Waals surface area contributed by atoms with Crippen LogP contribution in [0.1, 0.15) is 39.3 Å². The second-order valence-electron chi connectivity index (χ2n) is 7.17. The van der Waals surface area contributed by atoms with Gasteiger partial charge < -0.3 is 15.4 Å². The maximum atomic E-state index is 5.51. The summed E-state index contributed by atoms with van der Waals surface area (Å²) in [5, 5.41) is 6.81. The van der Waals surface area contributed by atoms with E-state index in [1.807, 2.05) is 0 Å². The number of rotatable bonds is 5. The van der Waals surface area contributed by atoms with E-state index in [0.717, 1.165) is 45.4 Å². The van der Waals surface area contributed by atoms with Crippen LogP contribution in [-0.2, 0) is 4.74 Å². The quantitative estimate of drug-likeness (QED) is 0.642. The van der Waals surface area contributed by atoms with Crippen LogP contribution in [0.5, 0.6) is 0 Å². The lowest BCUT2D eigenvalue weighted by atomic mass is 10.0. The zero-order chi connectivity index (χ0) is 17.4. The maximum Gasteiger partial charge on any atom is 0.191 e. The maximum absolute atomic E-state index is 5.51. The summed E-state index contributed by atoms with van der Waals surface area (Å²) >= 11 is 0. The molecule has 2 rings (SSSR count). The number of nitrogens with zero attached hydrogens (tertiary/aromatic N) is 2.